The molecular formula is C25H37NO6. The average molecular weight is 448 g/mol. The largest absolute Gasteiger partial charge is 0.469 e. The van der Waals surface area contributed by atoms with Gasteiger partial charge in [0, 0.05) is 19.4 Å². The highest BCUT2D eigenvalue weighted by atomic mass is 16.5. The van der Waals surface area contributed by atoms with Gasteiger partial charge in [-0.2, -0.15) is 0 Å². The van der Waals surface area contributed by atoms with E-state index < -0.39 is 6.09 Å². The number of amides is 1. The van der Waals surface area contributed by atoms with Crippen LogP contribution in [-0.4, -0.2) is 38.3 Å². The normalized spacial score (nSPS) is 21.9. The van der Waals surface area contributed by atoms with Crippen LogP contribution in [0.25, 0.3) is 0 Å². The molecule has 1 fully saturated rings. The summed E-state index contributed by atoms with van der Waals surface area (Å²) in [6, 6.07) is 9.48. The van der Waals surface area contributed by atoms with Crippen LogP contribution in [0.4, 0.5) is 4.79 Å². The molecule has 2 rings (SSSR count). The van der Waals surface area contributed by atoms with Gasteiger partial charge < -0.3 is 19.5 Å². The molecule has 0 bridgehead atoms. The molecule has 1 aromatic rings. The molecule has 1 saturated carbocycles. The third kappa shape index (κ3) is 9.28. The lowest BCUT2D eigenvalue weighted by Crippen LogP contribution is -2.44. The van der Waals surface area contributed by atoms with Gasteiger partial charge in [0.1, 0.15) is 6.61 Å². The van der Waals surface area contributed by atoms with Crippen molar-refractivity contribution in [3.05, 3.63) is 35.9 Å². The highest BCUT2D eigenvalue weighted by Gasteiger charge is 2.42. The zero-order chi connectivity index (χ0) is 23.6. The van der Waals surface area contributed by atoms with Crippen molar-refractivity contribution >= 4 is 18.0 Å². The van der Waals surface area contributed by atoms with E-state index in [4.69, 9.17) is 14.2 Å². The van der Waals surface area contributed by atoms with Crippen molar-refractivity contribution in [2.75, 3.05) is 20.3 Å². The monoisotopic (exact) mass is 447 g/mol. The van der Waals surface area contributed by atoms with E-state index in [0.717, 1.165) is 24.8 Å². The Labute approximate surface area is 191 Å². The first-order valence-corrected chi connectivity index (χ1v) is 11.3. The van der Waals surface area contributed by atoms with Crippen molar-refractivity contribution in [2.24, 2.45) is 16.7 Å². The van der Waals surface area contributed by atoms with Crippen LogP contribution in [0.15, 0.2) is 30.3 Å². The number of benzene rings is 1. The van der Waals surface area contributed by atoms with Crippen LogP contribution in [0, 0.1) is 16.7 Å². The maximum absolute atomic E-state index is 12.1. The van der Waals surface area contributed by atoms with E-state index in [1.807, 2.05) is 30.3 Å². The van der Waals surface area contributed by atoms with Crippen molar-refractivity contribution in [1.82, 2.24) is 5.32 Å². The molecule has 2 atom stereocenters. The van der Waals surface area contributed by atoms with Crippen LogP contribution in [0.2, 0.25) is 0 Å². The molecule has 0 aromatic heterocycles. The average Bonchev–Trinajstić information content (AvgIpc) is 2.73. The highest BCUT2D eigenvalue weighted by Crippen LogP contribution is 2.49. The Morgan fingerprint density at radius 2 is 1.75 bits per heavy atom. The van der Waals surface area contributed by atoms with E-state index in [2.05, 4.69) is 26.1 Å². The number of methoxy groups -OCH3 is 1. The van der Waals surface area contributed by atoms with E-state index >= 15 is 0 Å². The van der Waals surface area contributed by atoms with Crippen molar-refractivity contribution in [2.45, 2.75) is 65.9 Å². The van der Waals surface area contributed by atoms with E-state index in [1.165, 1.54) is 7.11 Å². The summed E-state index contributed by atoms with van der Waals surface area (Å²) in [7, 11) is 1.41. The van der Waals surface area contributed by atoms with E-state index in [-0.39, 0.29) is 48.3 Å². The summed E-state index contributed by atoms with van der Waals surface area (Å²) < 4.78 is 15.3. The van der Waals surface area contributed by atoms with Crippen molar-refractivity contribution < 1.29 is 28.6 Å². The Hall–Kier alpha value is -2.57. The molecule has 0 heterocycles. The molecule has 1 aliphatic rings. The second-order valence-corrected chi connectivity index (χ2v) is 9.95. The molecule has 2 unspecified atom stereocenters. The zero-order valence-corrected chi connectivity index (χ0v) is 19.8. The van der Waals surface area contributed by atoms with Gasteiger partial charge in [0.2, 0.25) is 0 Å². The minimum Gasteiger partial charge on any atom is -0.469 e. The Morgan fingerprint density at radius 3 is 2.44 bits per heavy atom. The molecule has 7 nitrogen and oxygen atoms in total. The lowest BCUT2D eigenvalue weighted by Gasteiger charge is -2.46. The molecular weight excluding hydrogens is 410 g/mol. The molecule has 32 heavy (non-hydrogen) atoms. The summed E-state index contributed by atoms with van der Waals surface area (Å²) in [5.41, 5.74) is 0.891. The summed E-state index contributed by atoms with van der Waals surface area (Å²) in [5.74, 6) is -0.271. The predicted molar refractivity (Wildman–Crippen MR) is 121 cm³/mol. The van der Waals surface area contributed by atoms with Crippen molar-refractivity contribution in [3.8, 4) is 0 Å². The van der Waals surface area contributed by atoms with Gasteiger partial charge in [-0.25, -0.2) is 4.79 Å². The second-order valence-electron chi connectivity index (χ2n) is 9.95. The number of alkyl carbamates (subject to hydrolysis) is 1. The first-order chi connectivity index (χ1) is 15.1. The van der Waals surface area contributed by atoms with Crippen molar-refractivity contribution in [1.29, 1.82) is 0 Å². The third-order valence-electron chi connectivity index (χ3n) is 5.87. The van der Waals surface area contributed by atoms with Crippen LogP contribution < -0.4 is 5.32 Å². The number of ether oxygens (including phenoxy) is 3. The maximum Gasteiger partial charge on any atom is 0.407 e. The standard InChI is InChI=1S/C25H37NO6/c1-24(2)14-20(13-22(28)30-4)15-25(3,17-24)18-26-23(29)31-12-8-11-21(27)32-16-19-9-6-5-7-10-19/h5-7,9-10,20H,8,11-18H2,1-4H3,(H,26,29). The van der Waals surface area contributed by atoms with Gasteiger partial charge in [0.15, 0.2) is 0 Å². The minimum absolute atomic E-state index is 0.0807. The molecule has 0 aliphatic heterocycles. The lowest BCUT2D eigenvalue weighted by atomic mass is 9.60. The van der Waals surface area contributed by atoms with Crippen LogP contribution in [0.1, 0.15) is 64.9 Å². The van der Waals surface area contributed by atoms with Gasteiger partial charge in [0.25, 0.3) is 0 Å². The quantitative estimate of drug-likeness (QED) is 0.319. The predicted octanol–water partition coefficient (Wildman–Crippen LogP) is 4.63. The van der Waals surface area contributed by atoms with E-state index in [0.29, 0.717) is 19.4 Å². The van der Waals surface area contributed by atoms with Gasteiger partial charge in [0.05, 0.1) is 13.7 Å². The Kier molecular flexibility index (Phi) is 9.54. The van der Waals surface area contributed by atoms with Gasteiger partial charge in [-0.1, -0.05) is 51.1 Å². The molecule has 0 radical (unpaired) electrons. The second kappa shape index (κ2) is 11.9. The summed E-state index contributed by atoms with van der Waals surface area (Å²) in [6.45, 7) is 7.41. The van der Waals surface area contributed by atoms with Gasteiger partial charge in [-0.15, -0.1) is 0 Å². The number of esters is 2. The Balaban J connectivity index is 1.66. The topological polar surface area (TPSA) is 90.9 Å². The van der Waals surface area contributed by atoms with E-state index in [9.17, 15) is 14.4 Å². The van der Waals surface area contributed by atoms with Crippen molar-refractivity contribution in [3.63, 3.8) is 0 Å². The molecule has 1 aromatic carbocycles. The molecule has 0 spiro atoms. The molecule has 1 aliphatic carbocycles. The number of carbonyl (C=O) groups is 3. The van der Waals surface area contributed by atoms with E-state index in [1.54, 1.807) is 0 Å². The molecule has 1 amide bonds. The fourth-order valence-corrected chi connectivity index (χ4v) is 4.98. The first kappa shape index (κ1) is 25.7. The summed E-state index contributed by atoms with van der Waals surface area (Å²) in [5, 5.41) is 2.86. The first-order valence-electron chi connectivity index (χ1n) is 11.3. The Bertz CT molecular complexity index is 763. The number of hydrogen-bond donors (Lipinski definition) is 1. The van der Waals surface area contributed by atoms with Crippen LogP contribution in [0.5, 0.6) is 0 Å². The minimum atomic E-state index is -0.489. The molecule has 178 valence electrons. The molecule has 1 N–H and O–H groups in total. The number of hydrogen-bond acceptors (Lipinski definition) is 6. The fourth-order valence-electron chi connectivity index (χ4n) is 4.98. The lowest BCUT2D eigenvalue weighted by molar-refractivity contribution is -0.145. The van der Waals surface area contributed by atoms with Gasteiger partial charge >= 0.3 is 18.0 Å². The number of carbonyl (C=O) groups excluding carboxylic acids is 3. The number of nitrogens with one attached hydrogen (secondary N) is 1. The van der Waals surface area contributed by atoms with Crippen LogP contribution >= 0.6 is 0 Å². The maximum atomic E-state index is 12.1. The van der Waals surface area contributed by atoms with Gasteiger partial charge in [-0.3, -0.25) is 9.59 Å². The zero-order valence-electron chi connectivity index (χ0n) is 19.8. The SMILES string of the molecule is COC(=O)CC1CC(C)(C)CC(C)(CNC(=O)OCCCC(=O)OCc2ccccc2)C1. The number of rotatable bonds is 10. The summed E-state index contributed by atoms with van der Waals surface area (Å²) in [4.78, 5) is 35.7. The third-order valence-corrected chi connectivity index (χ3v) is 5.87. The highest BCUT2D eigenvalue weighted by molar-refractivity contribution is 5.70. The molecule has 7 heteroatoms. The molecule has 0 saturated heterocycles. The summed E-state index contributed by atoms with van der Waals surface area (Å²) >= 11 is 0. The smallest absolute Gasteiger partial charge is 0.407 e. The van der Waals surface area contributed by atoms with Crippen LogP contribution in [0.3, 0.4) is 0 Å². The Morgan fingerprint density at radius 1 is 1.03 bits per heavy atom. The van der Waals surface area contributed by atoms with Crippen LogP contribution in [-0.2, 0) is 30.4 Å². The van der Waals surface area contributed by atoms with Gasteiger partial charge in [-0.05, 0) is 48.0 Å². The summed E-state index contributed by atoms with van der Waals surface area (Å²) in [6.07, 6.45) is 3.28. The fraction of sp³-hybridized carbons (Fsp3) is 0.640.